The smallest absolute Gasteiger partial charge is 0.0848 e. The monoisotopic (exact) mass is 290 g/mol. The Bertz CT molecular complexity index is 382. The minimum Gasteiger partial charge on any atom is -0.393 e. The number of ether oxygens (including phenoxy) is 2. The van der Waals surface area contributed by atoms with E-state index in [0.717, 1.165) is 17.9 Å². The molecule has 0 aliphatic heterocycles. The maximum atomic E-state index is 10.0. The summed E-state index contributed by atoms with van der Waals surface area (Å²) in [7, 11) is 1.63. The number of aliphatic hydroxyl groups excluding tert-OH is 1. The van der Waals surface area contributed by atoms with E-state index in [1.165, 1.54) is 0 Å². The molecule has 0 radical (unpaired) electrons. The van der Waals surface area contributed by atoms with Crippen LogP contribution in [0.25, 0.3) is 0 Å². The molecular weight excluding hydrogens is 268 g/mol. The third-order valence-corrected chi connectivity index (χ3v) is 3.40. The third-order valence-electron chi connectivity index (χ3n) is 2.91. The number of methoxy groups -OCH3 is 1. The molecule has 1 atom stereocenters. The predicted molar refractivity (Wildman–Crippen MR) is 74.7 cm³/mol. The molecule has 1 unspecified atom stereocenters. The van der Waals surface area contributed by atoms with Gasteiger partial charge in [-0.05, 0) is 20.3 Å². The maximum Gasteiger partial charge on any atom is 0.0848 e. The Morgan fingerprint density at radius 2 is 2.11 bits per heavy atom. The summed E-state index contributed by atoms with van der Waals surface area (Å²) in [6, 6.07) is 0. The zero-order valence-corrected chi connectivity index (χ0v) is 12.6. The van der Waals surface area contributed by atoms with E-state index in [2.05, 4.69) is 5.10 Å². The van der Waals surface area contributed by atoms with Gasteiger partial charge < -0.3 is 14.6 Å². The van der Waals surface area contributed by atoms with Crippen LogP contribution in [-0.4, -0.2) is 47.9 Å². The van der Waals surface area contributed by atoms with Gasteiger partial charge in [0.2, 0.25) is 0 Å². The number of rotatable bonds is 9. The molecule has 0 saturated carbocycles. The van der Waals surface area contributed by atoms with Crippen LogP contribution in [0.1, 0.15) is 24.7 Å². The van der Waals surface area contributed by atoms with Gasteiger partial charge in [-0.2, -0.15) is 5.10 Å². The summed E-state index contributed by atoms with van der Waals surface area (Å²) in [5, 5.41) is 15.0. The summed E-state index contributed by atoms with van der Waals surface area (Å²) in [6.07, 6.45) is 0.608. The molecule has 0 spiro atoms. The third kappa shape index (κ3) is 5.10. The minimum atomic E-state index is -0.471. The summed E-state index contributed by atoms with van der Waals surface area (Å²) < 4.78 is 12.1. The lowest BCUT2D eigenvalue weighted by molar-refractivity contribution is 0.0475. The summed E-state index contributed by atoms with van der Waals surface area (Å²) in [5.74, 6) is 0. The molecule has 0 aliphatic rings. The highest BCUT2D eigenvalue weighted by Gasteiger charge is 2.16. The van der Waals surface area contributed by atoms with Crippen molar-refractivity contribution in [2.45, 2.75) is 39.3 Å². The molecule has 19 heavy (non-hydrogen) atoms. The van der Waals surface area contributed by atoms with Crippen LogP contribution < -0.4 is 0 Å². The van der Waals surface area contributed by atoms with E-state index in [1.54, 1.807) is 7.11 Å². The van der Waals surface area contributed by atoms with Crippen molar-refractivity contribution in [2.24, 2.45) is 0 Å². The predicted octanol–water partition coefficient (Wildman–Crippen LogP) is 1.82. The van der Waals surface area contributed by atoms with Gasteiger partial charge in [0, 0.05) is 26.7 Å². The number of hydrogen-bond acceptors (Lipinski definition) is 4. The zero-order valence-electron chi connectivity index (χ0n) is 11.9. The van der Waals surface area contributed by atoms with Gasteiger partial charge in [0.25, 0.3) is 0 Å². The number of hydrogen-bond donors (Lipinski definition) is 1. The van der Waals surface area contributed by atoms with Gasteiger partial charge in [-0.1, -0.05) is 11.6 Å². The van der Waals surface area contributed by atoms with Gasteiger partial charge in [0.05, 0.1) is 35.7 Å². The lowest BCUT2D eigenvalue weighted by Crippen LogP contribution is -2.17. The number of nitrogens with zero attached hydrogens (tertiary/aromatic N) is 2. The Kier molecular flexibility index (Phi) is 7.38. The highest BCUT2D eigenvalue weighted by Crippen LogP contribution is 2.22. The molecule has 1 heterocycles. The number of halogens is 1. The lowest BCUT2D eigenvalue weighted by Gasteiger charge is -2.12. The Balaban J connectivity index is 2.41. The molecule has 0 bridgehead atoms. The van der Waals surface area contributed by atoms with E-state index < -0.39 is 6.10 Å². The van der Waals surface area contributed by atoms with Crippen LogP contribution in [0.5, 0.6) is 0 Å². The van der Waals surface area contributed by atoms with Gasteiger partial charge in [-0.15, -0.1) is 0 Å². The molecule has 0 fully saturated rings. The molecular formula is C13H23ClN2O3. The molecule has 1 rings (SSSR count). The Hall–Kier alpha value is -0.620. The number of aromatic nitrogens is 2. The van der Waals surface area contributed by atoms with E-state index in [9.17, 15) is 5.11 Å². The summed E-state index contributed by atoms with van der Waals surface area (Å²) >= 11 is 6.20. The molecule has 1 aromatic rings. The summed E-state index contributed by atoms with van der Waals surface area (Å²) in [4.78, 5) is 0. The normalized spacial score (nSPS) is 12.9. The average molecular weight is 291 g/mol. The zero-order chi connectivity index (χ0) is 14.3. The Labute approximate surface area is 119 Å². The van der Waals surface area contributed by atoms with Crippen molar-refractivity contribution in [2.75, 3.05) is 26.9 Å². The van der Waals surface area contributed by atoms with Gasteiger partial charge in [-0.25, -0.2) is 0 Å². The average Bonchev–Trinajstić information content (AvgIpc) is 2.66. The SMILES string of the molecule is CCn1nc(C)c(Cl)c1CC(O)CCOCCOC. The maximum absolute atomic E-state index is 10.0. The second-order valence-corrected chi connectivity index (χ2v) is 4.79. The fourth-order valence-electron chi connectivity index (χ4n) is 1.85. The van der Waals surface area contributed by atoms with Crippen molar-refractivity contribution in [3.05, 3.63) is 16.4 Å². The Morgan fingerprint density at radius 3 is 2.74 bits per heavy atom. The van der Waals surface area contributed by atoms with E-state index in [1.807, 2.05) is 18.5 Å². The fraction of sp³-hybridized carbons (Fsp3) is 0.769. The topological polar surface area (TPSA) is 56.5 Å². The van der Waals surface area contributed by atoms with Gasteiger partial charge in [0.1, 0.15) is 0 Å². The van der Waals surface area contributed by atoms with Crippen LogP contribution >= 0.6 is 11.6 Å². The molecule has 5 nitrogen and oxygen atoms in total. The minimum absolute atomic E-state index is 0.471. The van der Waals surface area contributed by atoms with Crippen molar-refractivity contribution < 1.29 is 14.6 Å². The van der Waals surface area contributed by atoms with E-state index in [-0.39, 0.29) is 0 Å². The fourth-order valence-corrected chi connectivity index (χ4v) is 2.07. The van der Waals surface area contributed by atoms with Crippen LogP contribution in [0, 0.1) is 6.92 Å². The second-order valence-electron chi connectivity index (χ2n) is 4.41. The van der Waals surface area contributed by atoms with Gasteiger partial charge in [-0.3, -0.25) is 4.68 Å². The lowest BCUT2D eigenvalue weighted by atomic mass is 10.1. The first-order valence-corrected chi connectivity index (χ1v) is 6.94. The molecule has 1 N–H and O–H groups in total. The summed E-state index contributed by atoms with van der Waals surface area (Å²) in [5.41, 5.74) is 1.70. The first-order valence-electron chi connectivity index (χ1n) is 6.56. The standard InChI is InChI=1S/C13H23ClN2O3/c1-4-16-12(13(14)10(2)15-16)9-11(17)5-6-19-8-7-18-3/h11,17H,4-9H2,1-3H3. The van der Waals surface area contributed by atoms with Gasteiger partial charge in [0.15, 0.2) is 0 Å². The van der Waals surface area contributed by atoms with E-state index in [4.69, 9.17) is 21.1 Å². The van der Waals surface area contributed by atoms with Crippen LogP contribution in [-0.2, 0) is 22.4 Å². The van der Waals surface area contributed by atoms with Crippen molar-refractivity contribution in [1.29, 1.82) is 0 Å². The number of aliphatic hydroxyl groups is 1. The van der Waals surface area contributed by atoms with Crippen molar-refractivity contribution >= 4 is 11.6 Å². The molecule has 0 aromatic carbocycles. The van der Waals surface area contributed by atoms with Crippen LogP contribution in [0.15, 0.2) is 0 Å². The molecule has 0 aliphatic carbocycles. The van der Waals surface area contributed by atoms with Crippen molar-refractivity contribution in [1.82, 2.24) is 9.78 Å². The van der Waals surface area contributed by atoms with Crippen molar-refractivity contribution in [3.63, 3.8) is 0 Å². The largest absolute Gasteiger partial charge is 0.393 e. The highest BCUT2D eigenvalue weighted by atomic mass is 35.5. The molecule has 110 valence electrons. The van der Waals surface area contributed by atoms with E-state index >= 15 is 0 Å². The second kappa shape index (κ2) is 8.53. The van der Waals surface area contributed by atoms with Gasteiger partial charge >= 0.3 is 0 Å². The molecule has 1 aromatic heterocycles. The highest BCUT2D eigenvalue weighted by molar-refractivity contribution is 6.31. The molecule has 0 saturated heterocycles. The van der Waals surface area contributed by atoms with Crippen molar-refractivity contribution in [3.8, 4) is 0 Å². The first kappa shape index (κ1) is 16.4. The molecule has 6 heteroatoms. The van der Waals surface area contributed by atoms with Crippen LogP contribution in [0.2, 0.25) is 5.02 Å². The summed E-state index contributed by atoms with van der Waals surface area (Å²) in [6.45, 7) is 6.27. The van der Waals surface area contributed by atoms with Crippen LogP contribution in [0.3, 0.4) is 0 Å². The van der Waals surface area contributed by atoms with Crippen LogP contribution in [0.4, 0.5) is 0 Å². The van der Waals surface area contributed by atoms with E-state index in [0.29, 0.717) is 37.7 Å². The Morgan fingerprint density at radius 1 is 1.37 bits per heavy atom. The quantitative estimate of drug-likeness (QED) is 0.705. The molecule has 0 amide bonds. The number of aryl methyl sites for hydroxylation is 2. The first-order chi connectivity index (χ1) is 9.10.